The molecule has 0 bridgehead atoms. The molecule has 0 fully saturated rings. The van der Waals surface area contributed by atoms with Crippen LogP contribution in [0.3, 0.4) is 0 Å². The van der Waals surface area contributed by atoms with Crippen molar-refractivity contribution in [1.82, 2.24) is 25.2 Å². The lowest BCUT2D eigenvalue weighted by molar-refractivity contribution is 0.302. The Bertz CT molecular complexity index is 1290. The third kappa shape index (κ3) is 4.05. The van der Waals surface area contributed by atoms with Crippen LogP contribution in [0.4, 0.5) is 0 Å². The highest BCUT2D eigenvalue weighted by molar-refractivity contribution is 5.67. The molecule has 31 heavy (non-hydrogen) atoms. The van der Waals surface area contributed by atoms with Gasteiger partial charge in [-0.1, -0.05) is 12.1 Å². The second-order valence-electron chi connectivity index (χ2n) is 7.29. The number of tetrazole rings is 1. The van der Waals surface area contributed by atoms with Crippen LogP contribution < -0.4 is 15.2 Å². The Morgan fingerprint density at radius 2 is 1.87 bits per heavy atom. The van der Waals surface area contributed by atoms with Crippen LogP contribution in [-0.2, 0) is 6.61 Å². The first kappa shape index (κ1) is 20.3. The normalized spacial score (nSPS) is 10.8. The second kappa shape index (κ2) is 8.43. The molecule has 1 N–H and O–H groups in total. The van der Waals surface area contributed by atoms with Gasteiger partial charge in [0.25, 0.3) is 0 Å². The van der Waals surface area contributed by atoms with E-state index in [2.05, 4.69) is 26.6 Å². The molecule has 4 aromatic rings. The van der Waals surface area contributed by atoms with E-state index in [-0.39, 0.29) is 0 Å². The summed E-state index contributed by atoms with van der Waals surface area (Å²) in [5, 5.41) is 9.77. The maximum atomic E-state index is 12.0. The number of H-pyrrole nitrogens is 1. The molecule has 8 nitrogen and oxygen atoms in total. The summed E-state index contributed by atoms with van der Waals surface area (Å²) in [5.41, 5.74) is 6.01. The molecule has 2 aromatic heterocycles. The van der Waals surface area contributed by atoms with Crippen LogP contribution in [-0.4, -0.2) is 32.3 Å². The number of nitrogens with zero attached hydrogens (tertiary/aromatic N) is 4. The zero-order valence-corrected chi connectivity index (χ0v) is 17.8. The zero-order chi connectivity index (χ0) is 22.0. The molecule has 0 aliphatic carbocycles. The summed E-state index contributed by atoms with van der Waals surface area (Å²) >= 11 is 0. The Balaban J connectivity index is 1.64. The highest BCUT2D eigenvalue weighted by atomic mass is 16.5. The molecule has 158 valence electrons. The molecule has 0 unspecified atom stereocenters. The summed E-state index contributed by atoms with van der Waals surface area (Å²) < 4.78 is 12.7. The predicted molar refractivity (Wildman–Crippen MR) is 117 cm³/mol. The minimum Gasteiger partial charge on any atom is -0.497 e. The number of ether oxygens (including phenoxy) is 2. The standard InChI is InChI=1S/C23H23N5O3/c1-14-6-5-7-21(28-23(29)25-26-27-28)19(14)13-31-22-11-15(2)18(10-16(22)3)20-12-17(30-4)8-9-24-20/h5-12H,13H2,1-4H3,(H,25,27,29). The first-order valence-electron chi connectivity index (χ1n) is 9.81. The number of hydrogen-bond acceptors (Lipinski definition) is 6. The van der Waals surface area contributed by atoms with Crippen molar-refractivity contribution in [2.24, 2.45) is 0 Å². The van der Waals surface area contributed by atoms with E-state index < -0.39 is 5.69 Å². The van der Waals surface area contributed by atoms with Crippen LogP contribution >= 0.6 is 0 Å². The van der Waals surface area contributed by atoms with Gasteiger partial charge in [0.2, 0.25) is 0 Å². The van der Waals surface area contributed by atoms with Crippen molar-refractivity contribution in [2.45, 2.75) is 27.4 Å². The van der Waals surface area contributed by atoms with Crippen molar-refractivity contribution in [3.8, 4) is 28.4 Å². The van der Waals surface area contributed by atoms with E-state index in [4.69, 9.17) is 9.47 Å². The first-order valence-corrected chi connectivity index (χ1v) is 9.81. The first-order chi connectivity index (χ1) is 15.0. The smallest absolute Gasteiger partial charge is 0.365 e. The molecule has 2 heterocycles. The lowest BCUT2D eigenvalue weighted by Gasteiger charge is -2.16. The Morgan fingerprint density at radius 1 is 1.03 bits per heavy atom. The number of aromatic amines is 1. The fourth-order valence-electron chi connectivity index (χ4n) is 3.48. The highest BCUT2D eigenvalue weighted by Crippen LogP contribution is 2.31. The summed E-state index contributed by atoms with van der Waals surface area (Å²) in [7, 11) is 1.64. The number of hydrogen-bond donors (Lipinski definition) is 1. The monoisotopic (exact) mass is 417 g/mol. The number of methoxy groups -OCH3 is 1. The minimum absolute atomic E-state index is 0.290. The summed E-state index contributed by atoms with van der Waals surface area (Å²) in [6.07, 6.45) is 1.74. The van der Waals surface area contributed by atoms with Gasteiger partial charge in [-0.25, -0.2) is 9.89 Å². The van der Waals surface area contributed by atoms with Crippen LogP contribution in [0.15, 0.2) is 53.5 Å². The van der Waals surface area contributed by atoms with Gasteiger partial charge in [0.15, 0.2) is 0 Å². The van der Waals surface area contributed by atoms with Crippen LogP contribution in [0.25, 0.3) is 16.9 Å². The molecule has 0 amide bonds. The highest BCUT2D eigenvalue weighted by Gasteiger charge is 2.14. The van der Waals surface area contributed by atoms with E-state index in [1.165, 1.54) is 4.68 Å². The van der Waals surface area contributed by atoms with E-state index >= 15 is 0 Å². The van der Waals surface area contributed by atoms with E-state index in [9.17, 15) is 4.79 Å². The van der Waals surface area contributed by atoms with Gasteiger partial charge in [-0.2, -0.15) is 4.68 Å². The van der Waals surface area contributed by atoms with E-state index in [1.54, 1.807) is 13.3 Å². The molecular weight excluding hydrogens is 394 g/mol. The fraction of sp³-hybridized carbons (Fsp3) is 0.217. The van der Waals surface area contributed by atoms with Gasteiger partial charge in [-0.15, -0.1) is 0 Å². The van der Waals surface area contributed by atoms with Gasteiger partial charge in [0.05, 0.1) is 18.5 Å². The Morgan fingerprint density at radius 3 is 2.61 bits per heavy atom. The Hall–Kier alpha value is -3.94. The van der Waals surface area contributed by atoms with Crippen LogP contribution in [0.1, 0.15) is 22.3 Å². The molecule has 0 spiro atoms. The lowest BCUT2D eigenvalue weighted by Crippen LogP contribution is -2.18. The summed E-state index contributed by atoms with van der Waals surface area (Å²) in [5.74, 6) is 1.53. The lowest BCUT2D eigenvalue weighted by atomic mass is 10.0. The van der Waals surface area contributed by atoms with E-state index in [1.807, 2.05) is 57.2 Å². The van der Waals surface area contributed by atoms with Gasteiger partial charge in [-0.3, -0.25) is 4.98 Å². The molecule has 0 saturated heterocycles. The molecule has 0 saturated carbocycles. The van der Waals surface area contributed by atoms with Gasteiger partial charge in [-0.05, 0) is 72.2 Å². The SMILES string of the molecule is COc1ccnc(-c2cc(C)c(OCc3c(C)cccc3-n3nn[nH]c3=O)cc2C)c1. The van der Waals surface area contributed by atoms with Gasteiger partial charge < -0.3 is 9.47 Å². The average Bonchev–Trinajstić information content (AvgIpc) is 3.20. The van der Waals surface area contributed by atoms with Crippen molar-refractivity contribution in [3.05, 3.63) is 81.4 Å². The molecule has 2 aromatic carbocycles. The van der Waals surface area contributed by atoms with Gasteiger partial charge in [0.1, 0.15) is 18.1 Å². The molecule has 4 rings (SSSR count). The quantitative estimate of drug-likeness (QED) is 0.516. The third-order valence-electron chi connectivity index (χ3n) is 5.22. The third-order valence-corrected chi connectivity index (χ3v) is 5.22. The average molecular weight is 417 g/mol. The molecule has 0 radical (unpaired) electrons. The van der Waals surface area contributed by atoms with Crippen LogP contribution in [0, 0.1) is 20.8 Å². The number of aryl methyl sites for hydroxylation is 3. The molecule has 8 heteroatoms. The molecule has 0 aliphatic rings. The fourth-order valence-corrected chi connectivity index (χ4v) is 3.48. The zero-order valence-electron chi connectivity index (χ0n) is 17.8. The summed E-state index contributed by atoms with van der Waals surface area (Å²) in [6.45, 7) is 6.29. The van der Waals surface area contributed by atoms with E-state index in [0.29, 0.717) is 12.3 Å². The number of nitrogens with one attached hydrogen (secondary N) is 1. The number of aromatic nitrogens is 5. The van der Waals surface area contributed by atoms with Crippen molar-refractivity contribution in [2.75, 3.05) is 7.11 Å². The Labute approximate surface area is 179 Å². The number of pyridine rings is 1. The molecule has 0 aliphatic heterocycles. The maximum absolute atomic E-state index is 12.0. The predicted octanol–water partition coefficient (Wildman–Crippen LogP) is 3.53. The van der Waals surface area contributed by atoms with Crippen molar-refractivity contribution in [3.63, 3.8) is 0 Å². The summed E-state index contributed by atoms with van der Waals surface area (Å²) in [6, 6.07) is 13.5. The maximum Gasteiger partial charge on any atom is 0.365 e. The van der Waals surface area contributed by atoms with Crippen molar-refractivity contribution < 1.29 is 9.47 Å². The topological polar surface area (TPSA) is 94.9 Å². The van der Waals surface area contributed by atoms with Crippen molar-refractivity contribution >= 4 is 0 Å². The van der Waals surface area contributed by atoms with Gasteiger partial charge >= 0.3 is 5.69 Å². The molecule has 0 atom stereocenters. The van der Waals surface area contributed by atoms with E-state index in [0.717, 1.165) is 45.0 Å². The second-order valence-corrected chi connectivity index (χ2v) is 7.29. The van der Waals surface area contributed by atoms with Crippen LogP contribution in [0.5, 0.6) is 11.5 Å². The number of benzene rings is 2. The molecular formula is C23H23N5O3. The largest absolute Gasteiger partial charge is 0.497 e. The van der Waals surface area contributed by atoms with Gasteiger partial charge in [0, 0.05) is 23.4 Å². The minimum atomic E-state index is -0.394. The van der Waals surface area contributed by atoms with Crippen molar-refractivity contribution in [1.29, 1.82) is 0 Å². The summed E-state index contributed by atoms with van der Waals surface area (Å²) in [4.78, 5) is 16.5. The van der Waals surface area contributed by atoms with Crippen LogP contribution in [0.2, 0.25) is 0 Å². The Kier molecular flexibility index (Phi) is 5.53. The number of rotatable bonds is 6.